The fourth-order valence-corrected chi connectivity index (χ4v) is 4.18. The predicted molar refractivity (Wildman–Crippen MR) is 165 cm³/mol. The second-order valence-electron chi connectivity index (χ2n) is 9.96. The van der Waals surface area contributed by atoms with Crippen molar-refractivity contribution in [3.63, 3.8) is 0 Å². The summed E-state index contributed by atoms with van der Waals surface area (Å²) >= 11 is 0. The summed E-state index contributed by atoms with van der Waals surface area (Å²) in [6.07, 6.45) is 8.16. The number of ether oxygens (including phenoxy) is 2. The van der Waals surface area contributed by atoms with Gasteiger partial charge in [0.2, 0.25) is 12.7 Å². The normalized spacial score (nSPS) is 10.2. The van der Waals surface area contributed by atoms with Crippen molar-refractivity contribution in [2.75, 3.05) is 14.2 Å². The first-order valence-electron chi connectivity index (χ1n) is 13.9. The van der Waals surface area contributed by atoms with Crippen molar-refractivity contribution in [3.05, 3.63) is 114 Å². The zero-order valence-electron chi connectivity index (χ0n) is 27.0. The third-order valence-electron chi connectivity index (χ3n) is 7.14. The van der Waals surface area contributed by atoms with Crippen LogP contribution in [0.25, 0.3) is 22.9 Å². The summed E-state index contributed by atoms with van der Waals surface area (Å²) < 4.78 is 18.3. The molecule has 0 saturated carbocycles. The van der Waals surface area contributed by atoms with E-state index in [0.717, 1.165) is 40.0 Å². The van der Waals surface area contributed by atoms with Crippen molar-refractivity contribution in [2.45, 2.75) is 34.6 Å². The van der Waals surface area contributed by atoms with Crippen molar-refractivity contribution in [1.29, 1.82) is 0 Å². The Bertz CT molecular complexity index is 1730. The number of aromatic nitrogens is 8. The maximum absolute atomic E-state index is 5.20. The number of rotatable bonds is 5. The number of methoxy groups -OCH3 is 2. The third-order valence-corrected chi connectivity index (χ3v) is 7.14. The number of imidazole rings is 2. The van der Waals surface area contributed by atoms with Gasteiger partial charge in [-0.05, 0) is 52.6 Å². The Hall–Kier alpha value is -4.60. The van der Waals surface area contributed by atoms with Crippen molar-refractivity contribution >= 4 is 0 Å². The molecule has 0 aliphatic carbocycles. The van der Waals surface area contributed by atoms with E-state index in [1.54, 1.807) is 27.3 Å². The van der Waals surface area contributed by atoms with E-state index in [-0.39, 0.29) is 20.1 Å². The molecule has 1 radical (unpaired) electrons. The summed E-state index contributed by atoms with van der Waals surface area (Å²) in [5.74, 6) is 2.93. The molecule has 6 aromatic rings. The molecule has 0 fully saturated rings. The molecule has 4 aromatic heterocycles. The van der Waals surface area contributed by atoms with Crippen molar-refractivity contribution < 1.29 is 38.7 Å². The van der Waals surface area contributed by atoms with E-state index in [1.807, 2.05) is 87.0 Å². The van der Waals surface area contributed by atoms with Crippen LogP contribution in [0.15, 0.2) is 60.8 Å². The number of nitrogens with zero attached hydrogens (tertiary/aromatic N) is 8. The summed E-state index contributed by atoms with van der Waals surface area (Å²) in [6.45, 7) is 10.1. The molecule has 0 spiro atoms. The van der Waals surface area contributed by atoms with Crippen molar-refractivity contribution in [1.82, 2.24) is 29.3 Å². The van der Waals surface area contributed by atoms with Gasteiger partial charge >= 0.3 is 0 Å². The Morgan fingerprint density at radius 3 is 1.62 bits per heavy atom. The molecule has 10 nitrogen and oxygen atoms in total. The van der Waals surface area contributed by atoms with Crippen LogP contribution in [-0.4, -0.2) is 38.4 Å². The van der Waals surface area contributed by atoms with Crippen LogP contribution < -0.4 is 23.7 Å². The van der Waals surface area contributed by atoms with E-state index < -0.39 is 0 Å². The van der Waals surface area contributed by atoms with Gasteiger partial charge in [0.1, 0.15) is 0 Å². The zero-order chi connectivity index (χ0) is 31.8. The van der Waals surface area contributed by atoms with E-state index >= 15 is 0 Å². The fourth-order valence-electron chi connectivity index (χ4n) is 4.18. The average Bonchev–Trinajstić information content (AvgIpc) is 3.69. The van der Waals surface area contributed by atoms with Crippen LogP contribution in [0.5, 0.6) is 11.5 Å². The molecule has 4 heterocycles. The molecule has 0 atom stereocenters. The molecule has 0 N–H and O–H groups in total. The van der Waals surface area contributed by atoms with Gasteiger partial charge in [0.15, 0.2) is 0 Å². The zero-order valence-corrected chi connectivity index (χ0v) is 29.4. The van der Waals surface area contributed by atoms with Crippen LogP contribution in [-0.2, 0) is 34.2 Å². The molecule has 0 aliphatic heterocycles. The quantitative estimate of drug-likeness (QED) is 0.195. The molecule has 45 heavy (non-hydrogen) atoms. The number of hydrogen-bond acceptors (Lipinski definition) is 5. The van der Waals surface area contributed by atoms with Gasteiger partial charge in [-0.1, -0.05) is 17.4 Å². The molecule has 6 rings (SSSR count). The molecule has 0 amide bonds. The van der Waals surface area contributed by atoms with E-state index in [9.17, 15) is 0 Å². The number of hydrogen-bond donors (Lipinski definition) is 0. The van der Waals surface area contributed by atoms with Gasteiger partial charge in [0.05, 0.1) is 34.0 Å². The molecule has 0 unspecified atom stereocenters. The van der Waals surface area contributed by atoms with Crippen LogP contribution in [0.4, 0.5) is 0 Å². The molecule has 11 heteroatoms. The van der Waals surface area contributed by atoms with Crippen LogP contribution in [0.2, 0.25) is 0 Å². The van der Waals surface area contributed by atoms with Crippen molar-refractivity contribution in [3.8, 4) is 34.4 Å². The average molecular weight is 782 g/mol. The SMILES string of the molecule is COc1cc[c-]c(-n2[c-][n+](C)c(C)c2C)c1.COc1cc[c-]c(-n2[c-][n+](C)c(C)c2C)c1.Cc1n[n-]c(-c2ccccn2)n1.[Ir]. The first kappa shape index (κ1) is 34.9. The second kappa shape index (κ2) is 15.9. The van der Waals surface area contributed by atoms with Crippen LogP contribution in [0.3, 0.4) is 0 Å². The van der Waals surface area contributed by atoms with Gasteiger partial charge in [-0.15, -0.1) is 24.3 Å². The maximum Gasteiger partial charge on any atom is 0.241 e. The van der Waals surface area contributed by atoms with E-state index in [2.05, 4.69) is 72.6 Å². The number of pyridine rings is 1. The molecular weight excluding hydrogens is 745 g/mol. The van der Waals surface area contributed by atoms with E-state index in [1.165, 1.54) is 11.4 Å². The smallest absolute Gasteiger partial charge is 0.241 e. The van der Waals surface area contributed by atoms with Crippen LogP contribution in [0, 0.1) is 59.4 Å². The molecular formula is C34H37IrN8O2-3. The van der Waals surface area contributed by atoms with Crippen molar-refractivity contribution in [2.24, 2.45) is 14.1 Å². The Labute approximate surface area is 278 Å². The Kier molecular flexibility index (Phi) is 12.3. The predicted octanol–water partition coefficient (Wildman–Crippen LogP) is 3.86. The molecule has 2 aromatic carbocycles. The maximum atomic E-state index is 5.20. The number of benzene rings is 2. The monoisotopic (exact) mass is 782 g/mol. The standard InChI is InChI=1S/2C13H15N2O.C8H7N4.Ir/c2*1-10-11(2)15(9-14(10)3)12-6-5-7-13(8-12)16-4;1-6-10-8(12-11-6)7-4-2-3-5-9-7;/h2*5,7-8H,1-4H3;2-5H,1H3;/q3*-1;. The fraction of sp³-hybridized carbons (Fsp3) is 0.265. The Balaban J connectivity index is 0.000000184. The third kappa shape index (κ3) is 8.53. The van der Waals surface area contributed by atoms with Crippen LogP contribution in [0.1, 0.15) is 28.6 Å². The van der Waals surface area contributed by atoms with Gasteiger partial charge in [-0.25, -0.2) is 0 Å². The first-order valence-corrected chi connectivity index (χ1v) is 13.9. The summed E-state index contributed by atoms with van der Waals surface area (Å²) in [6, 6.07) is 23.3. The first-order chi connectivity index (χ1) is 21.1. The largest absolute Gasteiger partial charge is 0.523 e. The second-order valence-corrected chi connectivity index (χ2v) is 9.96. The van der Waals surface area contributed by atoms with Gasteiger partial charge in [0.25, 0.3) is 0 Å². The van der Waals surface area contributed by atoms with Gasteiger partial charge in [-0.2, -0.15) is 24.3 Å². The molecule has 0 aliphatic rings. The molecule has 0 bridgehead atoms. The van der Waals surface area contributed by atoms with Gasteiger partial charge < -0.3 is 37.8 Å². The summed E-state index contributed by atoms with van der Waals surface area (Å²) in [4.78, 5) is 8.19. The molecule has 237 valence electrons. The minimum atomic E-state index is 0. The van der Waals surface area contributed by atoms with Gasteiger partial charge in [-0.3, -0.25) is 10.1 Å². The molecule has 0 saturated heterocycles. The minimum absolute atomic E-state index is 0. The van der Waals surface area contributed by atoms with Crippen LogP contribution >= 0.6 is 0 Å². The van der Waals surface area contributed by atoms with E-state index in [4.69, 9.17) is 9.47 Å². The summed E-state index contributed by atoms with van der Waals surface area (Å²) in [7, 11) is 7.30. The number of aryl methyl sites for hydroxylation is 3. The topological polar surface area (TPSA) is 88.9 Å². The van der Waals surface area contributed by atoms with Gasteiger partial charge in [0, 0.05) is 66.4 Å². The summed E-state index contributed by atoms with van der Waals surface area (Å²) in [5.41, 5.74) is 7.35. The summed E-state index contributed by atoms with van der Waals surface area (Å²) in [5, 5.41) is 7.65. The Morgan fingerprint density at radius 2 is 1.27 bits per heavy atom. The van der Waals surface area contributed by atoms with E-state index in [0.29, 0.717) is 11.6 Å². The minimum Gasteiger partial charge on any atom is -0.523 e. The Morgan fingerprint density at radius 1 is 0.756 bits per heavy atom.